The molecule has 0 saturated carbocycles. The normalized spacial score (nSPS) is 12.6. The second kappa shape index (κ2) is 3.63. The number of halogens is 4. The molecule has 5 heteroatoms. The molecule has 0 fully saturated rings. The van der Waals surface area contributed by atoms with Gasteiger partial charge in [-0.1, -0.05) is 6.92 Å². The summed E-state index contributed by atoms with van der Waals surface area (Å²) in [5, 5.41) is 0. The van der Waals surface area contributed by atoms with Crippen LogP contribution in [0.25, 0.3) is 0 Å². The van der Waals surface area contributed by atoms with E-state index in [1.165, 1.54) is 0 Å². The van der Waals surface area contributed by atoms with Crippen molar-refractivity contribution in [1.29, 1.82) is 0 Å². The summed E-state index contributed by atoms with van der Waals surface area (Å²) in [6.45, 7) is 3.01. The van der Waals surface area contributed by atoms with Crippen LogP contribution in [0.4, 0.5) is 17.6 Å². The summed E-state index contributed by atoms with van der Waals surface area (Å²) in [5.74, 6) is -8.10. The molecule has 0 bridgehead atoms. The van der Waals surface area contributed by atoms with Gasteiger partial charge in [-0.2, -0.15) is 0 Å². The molecule has 0 radical (unpaired) electrons. The van der Waals surface area contributed by atoms with Crippen LogP contribution in [0.5, 0.6) is 0 Å². The van der Waals surface area contributed by atoms with E-state index in [-0.39, 0.29) is 18.9 Å². The van der Waals surface area contributed by atoms with E-state index in [4.69, 9.17) is 0 Å². The first-order chi connectivity index (χ1) is 3.81. The van der Waals surface area contributed by atoms with E-state index >= 15 is 0 Å². The second-order valence-corrected chi connectivity index (χ2v) is 1.76. The average Bonchev–Trinajstić information content (AvgIpc) is 1.64. The maximum absolute atomic E-state index is 11.8. The van der Waals surface area contributed by atoms with E-state index in [1.54, 1.807) is 0 Å². The van der Waals surface area contributed by atoms with Crippen molar-refractivity contribution in [2.75, 3.05) is 0 Å². The summed E-state index contributed by atoms with van der Waals surface area (Å²) in [6.07, 6.45) is -0.885. The molecule has 0 aliphatic carbocycles. The third-order valence-corrected chi connectivity index (χ3v) is 0.979. The Morgan fingerprint density at radius 2 is 1.50 bits per heavy atom. The molecule has 0 aromatic heterocycles. The first kappa shape index (κ1) is 12.9. The molecule has 0 aliphatic rings. The number of rotatable bonds is 2. The molecule has 0 unspecified atom stereocenters. The molecule has 0 amide bonds. The number of hydrogen-bond acceptors (Lipinski definition) is 0. The van der Waals surface area contributed by atoms with Gasteiger partial charge in [0, 0.05) is 6.42 Å². The van der Waals surface area contributed by atoms with Crippen LogP contribution < -0.4 is 18.9 Å². The summed E-state index contributed by atoms with van der Waals surface area (Å²) in [4.78, 5) is 0. The van der Waals surface area contributed by atoms with Crippen LogP contribution in [0.2, 0.25) is 0 Å². The topological polar surface area (TPSA) is 0 Å². The van der Waals surface area contributed by atoms with E-state index in [9.17, 15) is 17.6 Å². The van der Waals surface area contributed by atoms with Crippen LogP contribution in [0.1, 0.15) is 13.3 Å². The molecular formula is C5H7F4Li. The van der Waals surface area contributed by atoms with E-state index in [2.05, 4.69) is 0 Å². The van der Waals surface area contributed by atoms with E-state index in [1.807, 2.05) is 6.92 Å². The van der Waals surface area contributed by atoms with E-state index < -0.39 is 18.3 Å². The summed E-state index contributed by atoms with van der Waals surface area (Å²) in [7, 11) is 0. The van der Waals surface area contributed by atoms with Gasteiger partial charge in [0.1, 0.15) is 0 Å². The Morgan fingerprint density at radius 3 is 1.50 bits per heavy atom. The first-order valence-electron chi connectivity index (χ1n) is 2.42. The summed E-state index contributed by atoms with van der Waals surface area (Å²) >= 11 is 0. The zero-order valence-electron chi connectivity index (χ0n) is 5.93. The zero-order valence-corrected chi connectivity index (χ0v) is 5.93. The molecule has 0 heterocycles. The van der Waals surface area contributed by atoms with Crippen molar-refractivity contribution in [3.8, 4) is 0 Å². The second-order valence-electron chi connectivity index (χ2n) is 1.76. The van der Waals surface area contributed by atoms with Crippen LogP contribution in [0, 0.1) is 6.92 Å². The number of alkyl halides is 4. The molecule has 0 atom stereocenters. The SMILES string of the molecule is [CH2-]C(F)(F)C(F)(F)CC.[Li+]. The summed E-state index contributed by atoms with van der Waals surface area (Å²) in [6, 6.07) is 0. The van der Waals surface area contributed by atoms with Gasteiger partial charge in [-0.3, -0.25) is 6.92 Å². The molecule has 0 N–H and O–H groups in total. The van der Waals surface area contributed by atoms with Gasteiger partial charge < -0.3 is 0 Å². The Kier molecular flexibility index (Phi) is 4.71. The van der Waals surface area contributed by atoms with Crippen molar-refractivity contribution in [2.24, 2.45) is 0 Å². The fraction of sp³-hybridized carbons (Fsp3) is 0.800. The van der Waals surface area contributed by atoms with Crippen LogP contribution in [-0.4, -0.2) is 11.8 Å². The Morgan fingerprint density at radius 1 is 1.20 bits per heavy atom. The largest absolute Gasteiger partial charge is 1.00 e. The maximum atomic E-state index is 11.8. The summed E-state index contributed by atoms with van der Waals surface area (Å²) in [5.41, 5.74) is 0. The maximum Gasteiger partial charge on any atom is 1.00 e. The van der Waals surface area contributed by atoms with Gasteiger partial charge in [-0.25, -0.2) is 17.6 Å². The molecule has 0 aliphatic heterocycles. The van der Waals surface area contributed by atoms with Gasteiger partial charge in [0.05, 0.1) is 0 Å². The van der Waals surface area contributed by atoms with Crippen LogP contribution in [-0.2, 0) is 0 Å². The van der Waals surface area contributed by atoms with Crippen LogP contribution in [0.15, 0.2) is 0 Å². The van der Waals surface area contributed by atoms with Crippen molar-refractivity contribution < 1.29 is 36.4 Å². The third-order valence-electron chi connectivity index (χ3n) is 0.979. The van der Waals surface area contributed by atoms with Crippen LogP contribution >= 0.6 is 0 Å². The van der Waals surface area contributed by atoms with E-state index in [0.717, 1.165) is 6.92 Å². The molecular weight excluding hydrogens is 143 g/mol. The van der Waals surface area contributed by atoms with Gasteiger partial charge in [-0.15, -0.1) is 0 Å². The van der Waals surface area contributed by atoms with Gasteiger partial charge in [0.25, 0.3) is 5.92 Å². The molecule has 10 heavy (non-hydrogen) atoms. The van der Waals surface area contributed by atoms with Crippen LogP contribution in [0.3, 0.4) is 0 Å². The molecule has 56 valence electrons. The van der Waals surface area contributed by atoms with Gasteiger partial charge in [0.15, 0.2) is 5.92 Å². The Hall–Kier alpha value is 0.317. The standard InChI is InChI=1S/C5H7F4.Li/c1-3-5(8,9)4(2,6)7;/h2-3H2,1H3;/q-1;+1. The molecule has 0 aromatic rings. The first-order valence-corrected chi connectivity index (χ1v) is 2.42. The minimum atomic E-state index is -4.14. The minimum absolute atomic E-state index is 0. The Labute approximate surface area is 69.2 Å². The number of hydrogen-bond donors (Lipinski definition) is 0. The predicted molar refractivity (Wildman–Crippen MR) is 25.5 cm³/mol. The third kappa shape index (κ3) is 2.94. The van der Waals surface area contributed by atoms with Gasteiger partial charge in [0.2, 0.25) is 0 Å². The van der Waals surface area contributed by atoms with E-state index in [0.29, 0.717) is 0 Å². The minimum Gasteiger partial charge on any atom is -0.268 e. The Balaban J connectivity index is 0. The van der Waals surface area contributed by atoms with Crippen molar-refractivity contribution in [1.82, 2.24) is 0 Å². The van der Waals surface area contributed by atoms with Crippen molar-refractivity contribution >= 4 is 0 Å². The van der Waals surface area contributed by atoms with Gasteiger partial charge in [-0.05, 0) is 0 Å². The molecule has 0 spiro atoms. The molecule has 0 nitrogen and oxygen atoms in total. The monoisotopic (exact) mass is 150 g/mol. The fourth-order valence-electron chi connectivity index (χ4n) is 0.259. The van der Waals surface area contributed by atoms with Gasteiger partial charge >= 0.3 is 18.9 Å². The molecule has 0 rings (SSSR count). The summed E-state index contributed by atoms with van der Waals surface area (Å²) < 4.78 is 47.0. The quantitative estimate of drug-likeness (QED) is 0.283. The zero-order chi connectivity index (χ0) is 7.71. The van der Waals surface area contributed by atoms with Crippen molar-refractivity contribution in [2.45, 2.75) is 25.2 Å². The fourth-order valence-corrected chi connectivity index (χ4v) is 0.259. The average molecular weight is 150 g/mol. The smallest absolute Gasteiger partial charge is 0.268 e. The Bertz CT molecular complexity index is 96.3. The van der Waals surface area contributed by atoms with Crippen molar-refractivity contribution in [3.05, 3.63) is 6.92 Å². The molecule has 0 aromatic carbocycles. The van der Waals surface area contributed by atoms with Crippen molar-refractivity contribution in [3.63, 3.8) is 0 Å². The predicted octanol–water partition coefficient (Wildman–Crippen LogP) is -0.495. The molecule has 0 saturated heterocycles.